The van der Waals surface area contributed by atoms with Crippen molar-refractivity contribution in [2.75, 3.05) is 0 Å². The van der Waals surface area contributed by atoms with E-state index >= 15 is 0 Å². The van der Waals surface area contributed by atoms with E-state index in [0.29, 0.717) is 6.61 Å². The predicted molar refractivity (Wildman–Crippen MR) is 64.2 cm³/mol. The summed E-state index contributed by atoms with van der Waals surface area (Å²) in [6.45, 7) is 2.50. The molecule has 5 nitrogen and oxygen atoms in total. The van der Waals surface area contributed by atoms with Crippen LogP contribution in [0.5, 0.6) is 5.75 Å². The summed E-state index contributed by atoms with van der Waals surface area (Å²) < 4.78 is 7.28. The highest BCUT2D eigenvalue weighted by atomic mass is 32.1. The molecular formula is C11H10N4OS. The van der Waals surface area contributed by atoms with Crippen molar-refractivity contribution < 1.29 is 4.74 Å². The first-order chi connectivity index (χ1) is 8.31. The molecule has 6 heteroatoms. The van der Waals surface area contributed by atoms with Crippen LogP contribution in [0.2, 0.25) is 0 Å². The van der Waals surface area contributed by atoms with Gasteiger partial charge >= 0.3 is 0 Å². The molecule has 0 aliphatic rings. The van der Waals surface area contributed by atoms with Crippen LogP contribution < -0.4 is 4.74 Å². The van der Waals surface area contributed by atoms with Gasteiger partial charge in [0.15, 0.2) is 5.01 Å². The van der Waals surface area contributed by atoms with Gasteiger partial charge in [0.1, 0.15) is 18.7 Å². The summed E-state index contributed by atoms with van der Waals surface area (Å²) in [7, 11) is 0. The van der Waals surface area contributed by atoms with E-state index in [1.807, 2.05) is 31.2 Å². The van der Waals surface area contributed by atoms with Crippen LogP contribution in [0.15, 0.2) is 30.6 Å². The highest BCUT2D eigenvalue weighted by Gasteiger charge is 2.05. The van der Waals surface area contributed by atoms with Crippen LogP contribution in [-0.2, 0) is 6.61 Å². The van der Waals surface area contributed by atoms with E-state index in [9.17, 15) is 0 Å². The molecule has 0 atom stereocenters. The van der Waals surface area contributed by atoms with Gasteiger partial charge in [-0.15, -0.1) is 10.2 Å². The zero-order valence-electron chi connectivity index (χ0n) is 9.20. The van der Waals surface area contributed by atoms with Crippen molar-refractivity contribution in [3.8, 4) is 5.75 Å². The molecule has 2 heterocycles. The molecule has 0 amide bonds. The Balaban J connectivity index is 1.71. The zero-order valence-corrected chi connectivity index (χ0v) is 10.0. The maximum absolute atomic E-state index is 5.63. The third-order valence-corrected chi connectivity index (χ3v) is 3.20. The maximum atomic E-state index is 5.63. The Kier molecular flexibility index (Phi) is 2.49. The van der Waals surface area contributed by atoms with Gasteiger partial charge in [-0.25, -0.2) is 0 Å². The molecular weight excluding hydrogens is 236 g/mol. The predicted octanol–water partition coefficient (Wildman–Crippen LogP) is 2.07. The lowest BCUT2D eigenvalue weighted by molar-refractivity contribution is 0.304. The third kappa shape index (κ3) is 2.12. The molecule has 0 aliphatic carbocycles. The summed E-state index contributed by atoms with van der Waals surface area (Å²) in [5.41, 5.74) is 1.22. The van der Waals surface area contributed by atoms with Gasteiger partial charge < -0.3 is 4.74 Å². The Bertz CT molecular complexity index is 600. The molecule has 3 aromatic rings. The van der Waals surface area contributed by atoms with Crippen LogP contribution in [-0.4, -0.2) is 19.8 Å². The Morgan fingerprint density at radius 3 is 2.88 bits per heavy atom. The lowest BCUT2D eigenvalue weighted by atomic mass is 10.2. The average Bonchev–Trinajstić information content (AvgIpc) is 2.88. The average molecular weight is 246 g/mol. The lowest BCUT2D eigenvalue weighted by Crippen LogP contribution is -1.95. The van der Waals surface area contributed by atoms with Gasteiger partial charge in [0.05, 0.1) is 0 Å². The Morgan fingerprint density at radius 2 is 2.12 bits per heavy atom. The van der Waals surface area contributed by atoms with Crippen LogP contribution >= 0.6 is 11.3 Å². The first kappa shape index (κ1) is 10.2. The number of hydrogen-bond donors (Lipinski definition) is 0. The molecule has 0 saturated carbocycles. The van der Waals surface area contributed by atoms with Gasteiger partial charge in [-0.3, -0.25) is 0 Å². The fraction of sp³-hybridized carbons (Fsp3) is 0.182. The van der Waals surface area contributed by atoms with Crippen molar-refractivity contribution >= 4 is 16.3 Å². The van der Waals surface area contributed by atoms with Gasteiger partial charge in [-0.1, -0.05) is 29.0 Å². The van der Waals surface area contributed by atoms with Crippen LogP contribution in [0.4, 0.5) is 0 Å². The minimum absolute atomic E-state index is 0.455. The number of aromatic nitrogens is 4. The second-order valence-corrected chi connectivity index (χ2v) is 4.70. The zero-order chi connectivity index (χ0) is 11.7. The van der Waals surface area contributed by atoms with Crippen molar-refractivity contribution in [2.24, 2.45) is 0 Å². The number of hydrogen-bond acceptors (Lipinski definition) is 5. The van der Waals surface area contributed by atoms with Crippen molar-refractivity contribution in [1.82, 2.24) is 19.8 Å². The molecule has 0 fully saturated rings. The minimum Gasteiger partial charge on any atom is -0.486 e. The first-order valence-corrected chi connectivity index (χ1v) is 5.98. The van der Waals surface area contributed by atoms with E-state index in [0.717, 1.165) is 15.7 Å². The normalized spacial score (nSPS) is 10.9. The molecule has 0 spiro atoms. The van der Waals surface area contributed by atoms with E-state index in [-0.39, 0.29) is 0 Å². The van der Waals surface area contributed by atoms with Gasteiger partial charge in [-0.05, 0) is 19.1 Å². The summed E-state index contributed by atoms with van der Waals surface area (Å²) in [4.78, 5) is 0.785. The highest BCUT2D eigenvalue weighted by molar-refractivity contribution is 7.16. The highest BCUT2D eigenvalue weighted by Crippen LogP contribution is 2.16. The molecule has 0 unspecified atom stereocenters. The summed E-state index contributed by atoms with van der Waals surface area (Å²) >= 11 is 1.48. The van der Waals surface area contributed by atoms with Crippen LogP contribution in [0.1, 0.15) is 10.6 Å². The van der Waals surface area contributed by atoms with E-state index in [1.54, 1.807) is 10.8 Å². The van der Waals surface area contributed by atoms with Gasteiger partial charge in [0.25, 0.3) is 0 Å². The van der Waals surface area contributed by atoms with Crippen molar-refractivity contribution in [1.29, 1.82) is 0 Å². The first-order valence-electron chi connectivity index (χ1n) is 5.16. The molecule has 17 heavy (non-hydrogen) atoms. The molecule has 0 aliphatic heterocycles. The number of ether oxygens (including phenoxy) is 1. The number of fused-ring (bicyclic) bond motifs is 1. The lowest BCUT2D eigenvalue weighted by Gasteiger charge is -2.03. The molecule has 3 rings (SSSR count). The Hall–Kier alpha value is -1.95. The summed E-state index contributed by atoms with van der Waals surface area (Å²) in [5, 5.41) is 12.8. The number of aryl methyl sites for hydroxylation is 1. The van der Waals surface area contributed by atoms with E-state index in [1.165, 1.54) is 16.9 Å². The van der Waals surface area contributed by atoms with Crippen molar-refractivity contribution in [2.45, 2.75) is 13.5 Å². The molecule has 1 aromatic carbocycles. The third-order valence-electron chi connectivity index (χ3n) is 2.31. The standard InChI is InChI=1S/C11H10N4OS/c1-8-2-4-9(5-3-8)16-6-10-14-15-7-12-13-11(15)17-10/h2-5,7H,6H2,1H3. The van der Waals surface area contributed by atoms with Crippen LogP contribution in [0.25, 0.3) is 4.96 Å². The van der Waals surface area contributed by atoms with E-state index in [4.69, 9.17) is 4.74 Å². The van der Waals surface area contributed by atoms with E-state index < -0.39 is 0 Å². The molecule has 0 radical (unpaired) electrons. The monoisotopic (exact) mass is 246 g/mol. The molecule has 0 N–H and O–H groups in total. The van der Waals surface area contributed by atoms with Crippen LogP contribution in [0.3, 0.4) is 0 Å². The summed E-state index contributed by atoms with van der Waals surface area (Å²) in [5.74, 6) is 0.849. The number of benzene rings is 1. The topological polar surface area (TPSA) is 52.3 Å². The van der Waals surface area contributed by atoms with Crippen molar-refractivity contribution in [3.63, 3.8) is 0 Å². The quantitative estimate of drug-likeness (QED) is 0.710. The van der Waals surface area contributed by atoms with Gasteiger partial charge in [-0.2, -0.15) is 9.61 Å². The number of nitrogens with zero attached hydrogens (tertiary/aromatic N) is 4. The number of rotatable bonds is 3. The van der Waals surface area contributed by atoms with Crippen molar-refractivity contribution in [3.05, 3.63) is 41.2 Å². The molecule has 0 bridgehead atoms. The van der Waals surface area contributed by atoms with Gasteiger partial charge in [0.2, 0.25) is 4.96 Å². The summed E-state index contributed by atoms with van der Waals surface area (Å²) in [6.07, 6.45) is 1.58. The Morgan fingerprint density at radius 1 is 1.29 bits per heavy atom. The summed E-state index contributed by atoms with van der Waals surface area (Å²) in [6, 6.07) is 7.95. The fourth-order valence-electron chi connectivity index (χ4n) is 1.44. The second-order valence-electron chi connectivity index (χ2n) is 3.66. The maximum Gasteiger partial charge on any atom is 0.234 e. The van der Waals surface area contributed by atoms with E-state index in [2.05, 4.69) is 15.3 Å². The fourth-order valence-corrected chi connectivity index (χ4v) is 2.17. The molecule has 2 aromatic heterocycles. The second kappa shape index (κ2) is 4.14. The minimum atomic E-state index is 0.455. The SMILES string of the molecule is Cc1ccc(OCc2nn3cnnc3s2)cc1. The molecule has 86 valence electrons. The smallest absolute Gasteiger partial charge is 0.234 e. The van der Waals surface area contributed by atoms with Gasteiger partial charge in [0, 0.05) is 0 Å². The van der Waals surface area contributed by atoms with Crippen LogP contribution in [0, 0.1) is 6.92 Å². The largest absolute Gasteiger partial charge is 0.486 e. The Labute approximate surface area is 102 Å². The molecule has 0 saturated heterocycles.